The van der Waals surface area contributed by atoms with E-state index in [1.54, 1.807) is 6.92 Å². The molecule has 0 radical (unpaired) electrons. The lowest BCUT2D eigenvalue weighted by atomic mass is 10.0. The fraction of sp³-hybridized carbons (Fsp3) is 0.455. The molecule has 4 nitrogen and oxygen atoms in total. The molecule has 0 amide bonds. The molecule has 0 atom stereocenters. The molecule has 7 heteroatoms. The highest BCUT2D eigenvalue weighted by atomic mass is 19.4. The topological polar surface area (TPSA) is 51.8 Å². The molecule has 1 aromatic heterocycles. The number of carbonyl (C=O) groups is 1. The van der Waals surface area contributed by atoms with E-state index in [1.807, 2.05) is 6.92 Å². The third-order valence-electron chi connectivity index (χ3n) is 3.96. The van der Waals surface area contributed by atoms with Gasteiger partial charge in [0.25, 0.3) is 0 Å². The molecule has 0 aliphatic carbocycles. The Balaban J connectivity index is 3.32. The van der Waals surface area contributed by atoms with Crippen LogP contribution < -0.4 is 0 Å². The first-order valence-electron chi connectivity index (χ1n) is 9.35. The lowest BCUT2D eigenvalue weighted by Gasteiger charge is -2.10. The SMILES string of the molecule is C=CCC(C)=Nc1c(C(=C)CC(=C)CCOCCC)oc(C(C)=O)c1C(F)(F)F. The standard InChI is InChI=1S/C22H28F3NO3/c1-7-9-16(5)26-19-18(22(23,24)25)21(17(6)27)29-20(19)15(4)13-14(3)10-12-28-11-8-2/h7H,1,3-4,8-13H2,2,5-6H3. The molecule has 0 saturated heterocycles. The Kier molecular flexibility index (Phi) is 9.30. The van der Waals surface area contributed by atoms with Crippen LogP contribution in [-0.2, 0) is 10.9 Å². The van der Waals surface area contributed by atoms with Crippen LogP contribution in [0.15, 0.2) is 40.8 Å². The smallest absolute Gasteiger partial charge is 0.422 e. The van der Waals surface area contributed by atoms with Gasteiger partial charge in [-0.1, -0.05) is 31.7 Å². The molecule has 0 spiro atoms. The number of ether oxygens (including phenoxy) is 1. The molecule has 1 rings (SSSR count). The third-order valence-corrected chi connectivity index (χ3v) is 3.96. The number of alkyl halides is 3. The van der Waals surface area contributed by atoms with Gasteiger partial charge in [-0.25, -0.2) is 0 Å². The number of allylic oxidation sites excluding steroid dienone is 2. The average molecular weight is 411 g/mol. The second kappa shape index (κ2) is 11.0. The summed E-state index contributed by atoms with van der Waals surface area (Å²) in [5.74, 6) is -1.75. The van der Waals surface area contributed by atoms with Crippen LogP contribution in [0.3, 0.4) is 0 Å². The number of aliphatic imine (C=N–C) groups is 1. The number of hydrogen-bond acceptors (Lipinski definition) is 4. The highest BCUT2D eigenvalue weighted by Crippen LogP contribution is 2.46. The number of Topliss-reactive ketones (excluding diaryl/α,β-unsaturated/α-hetero) is 1. The van der Waals surface area contributed by atoms with Crippen molar-refractivity contribution in [2.45, 2.75) is 52.6 Å². The summed E-state index contributed by atoms with van der Waals surface area (Å²) in [6.45, 7) is 17.0. The molecule has 0 unspecified atom stereocenters. The normalized spacial score (nSPS) is 12.1. The van der Waals surface area contributed by atoms with E-state index in [-0.39, 0.29) is 17.8 Å². The molecule has 0 aliphatic rings. The lowest BCUT2D eigenvalue weighted by Crippen LogP contribution is -2.09. The molecule has 29 heavy (non-hydrogen) atoms. The van der Waals surface area contributed by atoms with Crippen LogP contribution in [0.2, 0.25) is 0 Å². The fourth-order valence-corrected chi connectivity index (χ4v) is 2.66. The van der Waals surface area contributed by atoms with Crippen LogP contribution in [0.1, 0.15) is 68.3 Å². The lowest BCUT2D eigenvalue weighted by molar-refractivity contribution is -0.137. The molecule has 0 bridgehead atoms. The van der Waals surface area contributed by atoms with Gasteiger partial charge in [-0.15, -0.1) is 6.58 Å². The zero-order valence-corrected chi connectivity index (χ0v) is 17.2. The van der Waals surface area contributed by atoms with Gasteiger partial charge in [0.15, 0.2) is 17.3 Å². The first kappa shape index (κ1) is 24.6. The number of rotatable bonds is 12. The average Bonchev–Trinajstić information content (AvgIpc) is 2.98. The second-order valence-electron chi connectivity index (χ2n) is 6.77. The summed E-state index contributed by atoms with van der Waals surface area (Å²) in [4.78, 5) is 15.9. The molecular formula is C22H28F3NO3. The summed E-state index contributed by atoms with van der Waals surface area (Å²) in [5.41, 5.74) is -0.197. The Morgan fingerprint density at radius 1 is 1.21 bits per heavy atom. The first-order chi connectivity index (χ1) is 13.5. The molecule has 1 heterocycles. The van der Waals surface area contributed by atoms with Crippen molar-refractivity contribution in [1.82, 2.24) is 0 Å². The van der Waals surface area contributed by atoms with Crippen LogP contribution in [0, 0.1) is 0 Å². The van der Waals surface area contributed by atoms with Crippen molar-refractivity contribution in [3.8, 4) is 0 Å². The number of furan rings is 1. The van der Waals surface area contributed by atoms with Crippen LogP contribution in [0.25, 0.3) is 5.57 Å². The van der Waals surface area contributed by atoms with Gasteiger partial charge in [-0.2, -0.15) is 13.2 Å². The highest BCUT2D eigenvalue weighted by Gasteiger charge is 2.42. The minimum Gasteiger partial charge on any atom is -0.450 e. The third kappa shape index (κ3) is 7.16. The molecule has 1 aromatic rings. The van der Waals surface area contributed by atoms with Crippen molar-refractivity contribution in [3.05, 3.63) is 48.5 Å². The number of nitrogens with zero attached hydrogens (tertiary/aromatic N) is 1. The quantitative estimate of drug-likeness (QED) is 0.162. The molecule has 0 fully saturated rings. The second-order valence-corrected chi connectivity index (χ2v) is 6.77. The van der Waals surface area contributed by atoms with Gasteiger partial charge in [0, 0.05) is 25.7 Å². The molecule has 0 N–H and O–H groups in total. The summed E-state index contributed by atoms with van der Waals surface area (Å²) in [5, 5.41) is 0. The fourth-order valence-electron chi connectivity index (χ4n) is 2.66. The number of hydrogen-bond donors (Lipinski definition) is 0. The van der Waals surface area contributed by atoms with E-state index in [1.165, 1.54) is 6.08 Å². The highest BCUT2D eigenvalue weighted by molar-refractivity contribution is 5.97. The van der Waals surface area contributed by atoms with E-state index in [2.05, 4.69) is 24.7 Å². The minimum atomic E-state index is -4.80. The van der Waals surface area contributed by atoms with Gasteiger partial charge in [-0.3, -0.25) is 9.79 Å². The largest absolute Gasteiger partial charge is 0.450 e. The van der Waals surface area contributed by atoms with E-state index < -0.39 is 29.0 Å². The van der Waals surface area contributed by atoms with Gasteiger partial charge in [0.1, 0.15) is 11.3 Å². The maximum Gasteiger partial charge on any atom is 0.422 e. The van der Waals surface area contributed by atoms with Gasteiger partial charge >= 0.3 is 6.18 Å². The molecule has 0 aromatic carbocycles. The summed E-state index contributed by atoms with van der Waals surface area (Å²) in [6, 6.07) is 0. The van der Waals surface area contributed by atoms with Crippen molar-refractivity contribution < 1.29 is 27.1 Å². The maximum atomic E-state index is 13.7. The molecule has 160 valence electrons. The van der Waals surface area contributed by atoms with Gasteiger partial charge in [-0.05, 0) is 31.8 Å². The molecular weight excluding hydrogens is 383 g/mol. The minimum absolute atomic E-state index is 0.151. The Labute approximate surface area is 169 Å². The maximum absolute atomic E-state index is 13.7. The Morgan fingerprint density at radius 2 is 1.86 bits per heavy atom. The predicted molar refractivity (Wildman–Crippen MR) is 110 cm³/mol. The van der Waals surface area contributed by atoms with Gasteiger partial charge in [0.05, 0.1) is 6.61 Å². The molecule has 0 saturated carbocycles. The van der Waals surface area contributed by atoms with E-state index in [4.69, 9.17) is 9.15 Å². The van der Waals surface area contributed by atoms with Crippen molar-refractivity contribution in [2.75, 3.05) is 13.2 Å². The van der Waals surface area contributed by atoms with Crippen LogP contribution in [-0.4, -0.2) is 24.7 Å². The Morgan fingerprint density at radius 3 is 2.38 bits per heavy atom. The van der Waals surface area contributed by atoms with Crippen LogP contribution in [0.4, 0.5) is 18.9 Å². The van der Waals surface area contributed by atoms with Crippen molar-refractivity contribution in [3.63, 3.8) is 0 Å². The summed E-state index contributed by atoms with van der Waals surface area (Å²) >= 11 is 0. The Bertz CT molecular complexity index is 801. The van der Waals surface area contributed by atoms with E-state index in [0.717, 1.165) is 18.9 Å². The predicted octanol–water partition coefficient (Wildman–Crippen LogP) is 6.95. The molecule has 0 aliphatic heterocycles. The van der Waals surface area contributed by atoms with E-state index in [0.29, 0.717) is 31.8 Å². The zero-order chi connectivity index (χ0) is 22.2. The summed E-state index contributed by atoms with van der Waals surface area (Å²) < 4.78 is 51.9. The van der Waals surface area contributed by atoms with E-state index >= 15 is 0 Å². The zero-order valence-electron chi connectivity index (χ0n) is 17.2. The van der Waals surface area contributed by atoms with Crippen LogP contribution in [0.5, 0.6) is 0 Å². The first-order valence-corrected chi connectivity index (χ1v) is 9.35. The number of carbonyl (C=O) groups excluding carboxylic acids is 1. The van der Waals surface area contributed by atoms with Crippen molar-refractivity contribution in [2.24, 2.45) is 4.99 Å². The monoisotopic (exact) mass is 411 g/mol. The summed E-state index contributed by atoms with van der Waals surface area (Å²) in [6.07, 6.45) is -1.33. The Hall–Kier alpha value is -2.41. The number of halogens is 3. The van der Waals surface area contributed by atoms with Crippen molar-refractivity contribution in [1.29, 1.82) is 0 Å². The van der Waals surface area contributed by atoms with Gasteiger partial charge in [0.2, 0.25) is 0 Å². The number of ketones is 1. The summed E-state index contributed by atoms with van der Waals surface area (Å²) in [7, 11) is 0. The van der Waals surface area contributed by atoms with Gasteiger partial charge < -0.3 is 9.15 Å². The van der Waals surface area contributed by atoms with Crippen LogP contribution >= 0.6 is 0 Å². The van der Waals surface area contributed by atoms with E-state index in [9.17, 15) is 18.0 Å². The van der Waals surface area contributed by atoms with Crippen molar-refractivity contribution >= 4 is 22.8 Å².